The second-order valence-corrected chi connectivity index (χ2v) is 7.44. The highest BCUT2D eigenvalue weighted by molar-refractivity contribution is 7.91. The van der Waals surface area contributed by atoms with E-state index >= 15 is 0 Å². The number of carbonyl (C=O) groups is 1. The first-order chi connectivity index (χ1) is 11.5. The molecular weight excluding hydrogens is 348 g/mol. The Balaban J connectivity index is 1.94. The van der Waals surface area contributed by atoms with E-state index in [9.17, 15) is 14.1 Å². The zero-order chi connectivity index (χ0) is 17.1. The van der Waals surface area contributed by atoms with E-state index in [0.717, 1.165) is 4.70 Å². The second kappa shape index (κ2) is 7.08. The van der Waals surface area contributed by atoms with Gasteiger partial charge in [-0.15, -0.1) is 11.3 Å². The van der Waals surface area contributed by atoms with Crippen LogP contribution in [0.3, 0.4) is 0 Å². The van der Waals surface area contributed by atoms with Gasteiger partial charge in [0.2, 0.25) is 5.75 Å². The lowest BCUT2D eigenvalue weighted by Crippen LogP contribution is -2.17. The van der Waals surface area contributed by atoms with Gasteiger partial charge in [0.15, 0.2) is 0 Å². The number of aromatic nitrogens is 2. The van der Waals surface area contributed by atoms with Crippen molar-refractivity contribution in [2.24, 2.45) is 0 Å². The Bertz CT molecular complexity index is 958. The lowest BCUT2D eigenvalue weighted by molar-refractivity contribution is -0.134. The predicted octanol–water partition coefficient (Wildman–Crippen LogP) is 2.05. The monoisotopic (exact) mass is 360 g/mol. The summed E-state index contributed by atoms with van der Waals surface area (Å²) in [5.74, 6) is -1.49. The number of rotatable bonds is 5. The zero-order valence-electron chi connectivity index (χ0n) is 12.3. The summed E-state index contributed by atoms with van der Waals surface area (Å²) in [7, 11) is 0. The van der Waals surface area contributed by atoms with E-state index in [1.807, 2.05) is 12.1 Å². The topological polar surface area (TPSA) is 103 Å². The van der Waals surface area contributed by atoms with E-state index in [2.05, 4.69) is 9.97 Å². The number of hydrogen-bond acceptors (Lipinski definition) is 6. The highest BCUT2D eigenvalue weighted by atomic mass is 32.2. The normalized spacial score (nSPS) is 12.2. The van der Waals surface area contributed by atoms with E-state index in [0.29, 0.717) is 21.8 Å². The molecule has 0 spiro atoms. The van der Waals surface area contributed by atoms with Crippen LogP contribution in [0.5, 0.6) is 0 Å². The van der Waals surface area contributed by atoms with Gasteiger partial charge in [-0.3, -0.25) is 4.79 Å². The molecule has 6 nitrogen and oxygen atoms in total. The van der Waals surface area contributed by atoms with Crippen LogP contribution in [0.2, 0.25) is 0 Å². The number of benzene rings is 1. The van der Waals surface area contributed by atoms with Crippen molar-refractivity contribution in [3.05, 3.63) is 58.5 Å². The van der Waals surface area contributed by atoms with Crippen LogP contribution in [-0.2, 0) is 21.7 Å². The molecule has 0 saturated carbocycles. The highest BCUT2D eigenvalue weighted by Gasteiger charge is 2.15. The number of hydrogen-bond donors (Lipinski definition) is 1. The molecule has 0 saturated heterocycles. The molecule has 1 N–H and O–H groups in total. The van der Waals surface area contributed by atoms with Crippen LogP contribution in [0.25, 0.3) is 20.8 Å². The van der Waals surface area contributed by atoms with Crippen molar-refractivity contribution >= 4 is 38.6 Å². The van der Waals surface area contributed by atoms with Gasteiger partial charge in [-0.2, -0.15) is 4.98 Å². The molecule has 1 atom stereocenters. The van der Waals surface area contributed by atoms with Crippen molar-refractivity contribution in [1.82, 2.24) is 9.97 Å². The Kier molecular flexibility index (Phi) is 4.89. The minimum atomic E-state index is -1.53. The van der Waals surface area contributed by atoms with E-state index in [-0.39, 0.29) is 11.3 Å². The van der Waals surface area contributed by atoms with Crippen LogP contribution in [0, 0.1) is 0 Å². The quantitative estimate of drug-likeness (QED) is 0.699. The number of aliphatic carboxylic acids is 1. The Hall–Kier alpha value is -2.29. The molecule has 2 aromatic heterocycles. The Morgan fingerprint density at radius 1 is 1.17 bits per heavy atom. The lowest BCUT2D eigenvalue weighted by Gasteiger charge is -2.08. The fourth-order valence-electron chi connectivity index (χ4n) is 2.15. The van der Waals surface area contributed by atoms with Gasteiger partial charge in [0, 0.05) is 4.70 Å². The first-order valence-corrected chi connectivity index (χ1v) is 9.26. The summed E-state index contributed by atoms with van der Waals surface area (Å²) in [4.78, 5) is 31.1. The van der Waals surface area contributed by atoms with E-state index < -0.39 is 22.9 Å². The molecule has 3 aromatic rings. The van der Waals surface area contributed by atoms with Crippen molar-refractivity contribution in [1.29, 1.82) is 0 Å². The van der Waals surface area contributed by atoms with Gasteiger partial charge in [-0.1, -0.05) is 18.2 Å². The Morgan fingerprint density at radius 3 is 2.75 bits per heavy atom. The first-order valence-electron chi connectivity index (χ1n) is 6.96. The Morgan fingerprint density at radius 2 is 1.96 bits per heavy atom. The molecule has 0 aliphatic carbocycles. The maximum Gasteiger partial charge on any atom is 0.353 e. The van der Waals surface area contributed by atoms with Gasteiger partial charge in [-0.05, 0) is 35.4 Å². The lowest BCUT2D eigenvalue weighted by atomic mass is 10.3. The van der Waals surface area contributed by atoms with Crippen molar-refractivity contribution in [3.63, 3.8) is 0 Å². The maximum absolute atomic E-state index is 12.1. The van der Waals surface area contributed by atoms with Crippen LogP contribution in [0.1, 0.15) is 5.69 Å². The molecule has 3 rings (SSSR count). The number of pyridine rings is 1. The van der Waals surface area contributed by atoms with Crippen LogP contribution in [-0.4, -0.2) is 31.3 Å². The summed E-state index contributed by atoms with van der Waals surface area (Å²) in [6.07, 6.45) is 0. The van der Waals surface area contributed by atoms with Gasteiger partial charge in [0.05, 0.1) is 16.8 Å². The molecular formula is C16H12N2O4S2. The molecule has 1 unspecified atom stereocenters. The first kappa shape index (κ1) is 16.6. The van der Waals surface area contributed by atoms with Crippen LogP contribution < -0.4 is 5.56 Å². The van der Waals surface area contributed by atoms with Crippen molar-refractivity contribution < 1.29 is 14.5 Å². The van der Waals surface area contributed by atoms with Crippen molar-refractivity contribution in [3.8, 4) is 10.7 Å². The smallest absolute Gasteiger partial charge is 0.353 e. The molecule has 0 aliphatic rings. The summed E-state index contributed by atoms with van der Waals surface area (Å²) in [6, 6.07) is 12.3. The average molecular weight is 360 g/mol. The molecule has 0 amide bonds. The van der Waals surface area contributed by atoms with Crippen LogP contribution in [0.15, 0.2) is 47.3 Å². The Labute approximate surface area is 144 Å². The third-order valence-electron chi connectivity index (χ3n) is 3.15. The standard InChI is InChI=1S/C16H12N2O4S2/c19-14(20)9-24(22)8-10-4-3-6-12(17-10)16-18-15(21)11-5-1-2-7-13(11)23-16/h1-7H,8-9H2,(H,19,20). The summed E-state index contributed by atoms with van der Waals surface area (Å²) >= 11 is -0.184. The van der Waals surface area contributed by atoms with E-state index in [4.69, 9.17) is 5.11 Å². The fourth-order valence-corrected chi connectivity index (χ4v) is 3.99. The van der Waals surface area contributed by atoms with Gasteiger partial charge in [-0.25, -0.2) is 9.78 Å². The minimum absolute atomic E-state index is 0.0443. The molecule has 122 valence electrons. The zero-order valence-corrected chi connectivity index (χ0v) is 14.0. The number of carboxylic acid groups (broad SMARTS) is 1. The maximum atomic E-state index is 12.1. The average Bonchev–Trinajstić information content (AvgIpc) is 2.54. The molecule has 8 heteroatoms. The molecule has 0 aliphatic heterocycles. The van der Waals surface area contributed by atoms with Crippen molar-refractivity contribution in [2.75, 3.05) is 5.75 Å². The SMILES string of the molecule is O=C(O)C[S+]([O-])Cc1cccc(-c2nc(=O)c3ccccc3s2)n1. The summed E-state index contributed by atoms with van der Waals surface area (Å²) in [5, 5.41) is 9.71. The van der Waals surface area contributed by atoms with Gasteiger partial charge >= 0.3 is 5.97 Å². The fraction of sp³-hybridized carbons (Fsp3) is 0.125. The molecule has 0 bridgehead atoms. The molecule has 24 heavy (non-hydrogen) atoms. The van der Waals surface area contributed by atoms with Crippen LogP contribution >= 0.6 is 11.3 Å². The molecule has 2 heterocycles. The largest absolute Gasteiger partial charge is 0.616 e. The molecule has 0 radical (unpaired) electrons. The number of nitrogens with zero attached hydrogens (tertiary/aromatic N) is 2. The summed E-state index contributed by atoms with van der Waals surface area (Å²) in [6.45, 7) is 0. The second-order valence-electron chi connectivity index (χ2n) is 4.96. The molecule has 1 aromatic carbocycles. The van der Waals surface area contributed by atoms with Crippen LogP contribution in [0.4, 0.5) is 0 Å². The highest BCUT2D eigenvalue weighted by Crippen LogP contribution is 2.24. The summed E-state index contributed by atoms with van der Waals surface area (Å²) in [5.41, 5.74) is 0.690. The van der Waals surface area contributed by atoms with Gasteiger partial charge < -0.3 is 9.66 Å². The number of fused-ring (bicyclic) bond motifs is 1. The van der Waals surface area contributed by atoms with E-state index in [1.165, 1.54) is 11.3 Å². The number of carboxylic acids is 1. The van der Waals surface area contributed by atoms with Gasteiger partial charge in [0.1, 0.15) is 10.8 Å². The van der Waals surface area contributed by atoms with Crippen molar-refractivity contribution in [2.45, 2.75) is 5.75 Å². The molecule has 0 fully saturated rings. The predicted molar refractivity (Wildman–Crippen MR) is 93.5 cm³/mol. The minimum Gasteiger partial charge on any atom is -0.616 e. The van der Waals surface area contributed by atoms with E-state index in [1.54, 1.807) is 30.3 Å². The third-order valence-corrected chi connectivity index (χ3v) is 5.40. The summed E-state index contributed by atoms with van der Waals surface area (Å²) < 4.78 is 12.5. The third kappa shape index (κ3) is 3.78. The van der Waals surface area contributed by atoms with Gasteiger partial charge in [0.25, 0.3) is 5.56 Å².